The lowest BCUT2D eigenvalue weighted by molar-refractivity contribution is 0.570. The summed E-state index contributed by atoms with van der Waals surface area (Å²) in [5, 5.41) is 0. The number of alkyl halides is 1. The summed E-state index contributed by atoms with van der Waals surface area (Å²) in [6.07, 6.45) is 0. The van der Waals surface area contributed by atoms with Gasteiger partial charge in [0.25, 0.3) is 0 Å². The maximum Gasteiger partial charge on any atom is 0.0474 e. The van der Waals surface area contributed by atoms with Crippen LogP contribution < -0.4 is 4.90 Å². The largest absolute Gasteiger partial charge is 0.369 e. The van der Waals surface area contributed by atoms with Gasteiger partial charge in [-0.05, 0) is 43.9 Å². The van der Waals surface area contributed by atoms with E-state index in [2.05, 4.69) is 57.7 Å². The summed E-state index contributed by atoms with van der Waals surface area (Å²) in [7, 11) is 0. The predicted octanol–water partition coefficient (Wildman–Crippen LogP) is 4.60. The molecule has 0 saturated heterocycles. The van der Waals surface area contributed by atoms with Crippen molar-refractivity contribution >= 4 is 17.3 Å². The lowest BCUT2D eigenvalue weighted by Crippen LogP contribution is -2.34. The third kappa shape index (κ3) is 3.92. The Balaban J connectivity index is 3.01. The van der Waals surface area contributed by atoms with Gasteiger partial charge < -0.3 is 4.90 Å². The summed E-state index contributed by atoms with van der Waals surface area (Å²) in [5.74, 6) is 1.26. The molecule has 0 heterocycles. The van der Waals surface area contributed by atoms with Crippen LogP contribution in [0, 0.1) is 12.8 Å². The van der Waals surface area contributed by atoms with Crippen molar-refractivity contribution in [3.63, 3.8) is 0 Å². The zero-order valence-electron chi connectivity index (χ0n) is 11.6. The second kappa shape index (κ2) is 6.30. The third-order valence-corrected chi connectivity index (χ3v) is 3.22. The Morgan fingerprint density at radius 2 is 1.82 bits per heavy atom. The number of benzene rings is 1. The van der Waals surface area contributed by atoms with Gasteiger partial charge in [0.15, 0.2) is 0 Å². The van der Waals surface area contributed by atoms with Crippen LogP contribution in [0.25, 0.3) is 0 Å². The second-order valence-corrected chi connectivity index (χ2v) is 5.66. The molecule has 0 aliphatic carbocycles. The summed E-state index contributed by atoms with van der Waals surface area (Å²) < 4.78 is 0. The molecule has 0 aliphatic heterocycles. The SMILES string of the molecule is Cc1cc(CCl)ccc1N(CC(C)C)C(C)C. The first kappa shape index (κ1) is 14.4. The third-order valence-electron chi connectivity index (χ3n) is 2.91. The van der Waals surface area contributed by atoms with E-state index in [9.17, 15) is 0 Å². The van der Waals surface area contributed by atoms with Gasteiger partial charge in [0.2, 0.25) is 0 Å². The number of rotatable bonds is 5. The molecule has 0 fully saturated rings. The molecule has 0 bridgehead atoms. The fourth-order valence-electron chi connectivity index (χ4n) is 2.10. The Kier molecular flexibility index (Phi) is 5.32. The maximum absolute atomic E-state index is 5.86. The highest BCUT2D eigenvalue weighted by atomic mass is 35.5. The van der Waals surface area contributed by atoms with Crippen LogP contribution >= 0.6 is 11.6 Å². The summed E-state index contributed by atoms with van der Waals surface area (Å²) in [6, 6.07) is 7.05. The molecule has 0 radical (unpaired) electrons. The summed E-state index contributed by atoms with van der Waals surface area (Å²) >= 11 is 5.86. The molecule has 1 aromatic rings. The van der Waals surface area contributed by atoms with Crippen molar-refractivity contribution < 1.29 is 0 Å². The lowest BCUT2D eigenvalue weighted by atomic mass is 10.1. The van der Waals surface area contributed by atoms with Crippen LogP contribution in [0.4, 0.5) is 5.69 Å². The molecule has 0 amide bonds. The predicted molar refractivity (Wildman–Crippen MR) is 78.1 cm³/mol. The standard InChI is InChI=1S/C15H24ClN/c1-11(2)10-17(12(3)4)15-7-6-14(9-16)8-13(15)5/h6-8,11-12H,9-10H2,1-5H3. The van der Waals surface area contributed by atoms with Crippen LogP contribution in [0.15, 0.2) is 18.2 Å². The molecule has 96 valence electrons. The quantitative estimate of drug-likeness (QED) is 0.693. The summed E-state index contributed by atoms with van der Waals surface area (Å²) in [6.45, 7) is 12.3. The normalized spacial score (nSPS) is 11.3. The zero-order chi connectivity index (χ0) is 13.0. The van der Waals surface area contributed by atoms with Crippen LogP contribution in [-0.2, 0) is 5.88 Å². The van der Waals surface area contributed by atoms with E-state index in [0.717, 1.165) is 6.54 Å². The van der Waals surface area contributed by atoms with Crippen LogP contribution in [-0.4, -0.2) is 12.6 Å². The highest BCUT2D eigenvalue weighted by Gasteiger charge is 2.14. The molecule has 0 unspecified atom stereocenters. The van der Waals surface area contributed by atoms with Gasteiger partial charge in [0.05, 0.1) is 0 Å². The van der Waals surface area contributed by atoms with Crippen molar-refractivity contribution in [2.45, 2.75) is 46.5 Å². The number of anilines is 1. The minimum Gasteiger partial charge on any atom is -0.369 e. The summed E-state index contributed by atoms with van der Waals surface area (Å²) in [5.41, 5.74) is 3.85. The molecule has 0 atom stereocenters. The second-order valence-electron chi connectivity index (χ2n) is 5.39. The Bertz CT molecular complexity index is 358. The van der Waals surface area contributed by atoms with Gasteiger partial charge >= 0.3 is 0 Å². The zero-order valence-corrected chi connectivity index (χ0v) is 12.4. The van der Waals surface area contributed by atoms with E-state index in [4.69, 9.17) is 11.6 Å². The molecule has 17 heavy (non-hydrogen) atoms. The molecule has 0 aliphatic rings. The number of hydrogen-bond acceptors (Lipinski definition) is 1. The van der Waals surface area contributed by atoms with Crippen molar-refractivity contribution in [1.82, 2.24) is 0 Å². The Morgan fingerprint density at radius 3 is 2.24 bits per heavy atom. The van der Waals surface area contributed by atoms with Gasteiger partial charge in [-0.2, -0.15) is 0 Å². The first-order valence-corrected chi connectivity index (χ1v) is 6.91. The van der Waals surface area contributed by atoms with Gasteiger partial charge in [0.1, 0.15) is 0 Å². The molecular formula is C15H24ClN. The topological polar surface area (TPSA) is 3.24 Å². The minimum atomic E-state index is 0.526. The van der Waals surface area contributed by atoms with Gasteiger partial charge in [-0.3, -0.25) is 0 Å². The van der Waals surface area contributed by atoms with Gasteiger partial charge in [-0.1, -0.05) is 26.0 Å². The summed E-state index contributed by atoms with van der Waals surface area (Å²) in [4.78, 5) is 2.47. The van der Waals surface area contributed by atoms with Crippen LogP contribution in [0.3, 0.4) is 0 Å². The van der Waals surface area contributed by atoms with Crippen molar-refractivity contribution in [2.75, 3.05) is 11.4 Å². The highest BCUT2D eigenvalue weighted by molar-refractivity contribution is 6.17. The van der Waals surface area contributed by atoms with E-state index in [1.165, 1.54) is 16.8 Å². The Hall–Kier alpha value is -0.690. The number of hydrogen-bond donors (Lipinski definition) is 0. The van der Waals surface area contributed by atoms with Crippen LogP contribution in [0.1, 0.15) is 38.8 Å². The number of halogens is 1. The van der Waals surface area contributed by atoms with E-state index in [1.807, 2.05) is 0 Å². The first-order valence-electron chi connectivity index (χ1n) is 6.37. The van der Waals surface area contributed by atoms with E-state index in [-0.39, 0.29) is 0 Å². The van der Waals surface area contributed by atoms with Gasteiger partial charge in [-0.25, -0.2) is 0 Å². The lowest BCUT2D eigenvalue weighted by Gasteiger charge is -2.32. The van der Waals surface area contributed by atoms with Crippen LogP contribution in [0.2, 0.25) is 0 Å². The average molecular weight is 254 g/mol. The van der Waals surface area contributed by atoms with E-state index < -0.39 is 0 Å². The molecule has 0 saturated carbocycles. The molecule has 1 nitrogen and oxygen atoms in total. The molecule has 1 aromatic carbocycles. The Morgan fingerprint density at radius 1 is 1.18 bits per heavy atom. The smallest absolute Gasteiger partial charge is 0.0474 e. The molecule has 0 N–H and O–H groups in total. The Labute approximate surface area is 111 Å². The van der Waals surface area contributed by atoms with E-state index >= 15 is 0 Å². The van der Waals surface area contributed by atoms with Crippen molar-refractivity contribution in [2.24, 2.45) is 5.92 Å². The molecular weight excluding hydrogens is 230 g/mol. The monoisotopic (exact) mass is 253 g/mol. The van der Waals surface area contributed by atoms with Gasteiger partial charge in [-0.15, -0.1) is 11.6 Å². The number of aryl methyl sites for hydroxylation is 1. The first-order chi connectivity index (χ1) is 7.95. The van der Waals surface area contributed by atoms with Crippen molar-refractivity contribution in [1.29, 1.82) is 0 Å². The average Bonchev–Trinajstić information content (AvgIpc) is 2.25. The molecule has 0 aromatic heterocycles. The minimum absolute atomic E-state index is 0.526. The molecule has 2 heteroatoms. The maximum atomic E-state index is 5.86. The highest BCUT2D eigenvalue weighted by Crippen LogP contribution is 2.24. The molecule has 0 spiro atoms. The number of nitrogens with zero attached hydrogens (tertiary/aromatic N) is 1. The van der Waals surface area contributed by atoms with Crippen LogP contribution in [0.5, 0.6) is 0 Å². The van der Waals surface area contributed by atoms with E-state index in [0.29, 0.717) is 17.8 Å². The fourth-order valence-corrected chi connectivity index (χ4v) is 2.27. The van der Waals surface area contributed by atoms with Crippen molar-refractivity contribution in [3.05, 3.63) is 29.3 Å². The fraction of sp³-hybridized carbons (Fsp3) is 0.600. The van der Waals surface area contributed by atoms with E-state index in [1.54, 1.807) is 0 Å². The molecule has 1 rings (SSSR count). The van der Waals surface area contributed by atoms with Gasteiger partial charge in [0, 0.05) is 24.2 Å². The van der Waals surface area contributed by atoms with Crippen molar-refractivity contribution in [3.8, 4) is 0 Å².